The van der Waals surface area contributed by atoms with Crippen molar-refractivity contribution >= 4 is 45.0 Å². The number of rotatable bonds is 4. The molecule has 1 N–H and O–H groups in total. The van der Waals surface area contributed by atoms with Crippen LogP contribution in [0.3, 0.4) is 0 Å². The quantitative estimate of drug-likeness (QED) is 0.256. The molecule has 5 aromatic rings. The maximum atomic E-state index is 12.3. The Balaban J connectivity index is 1.43. The maximum Gasteiger partial charge on any atom is 0.255 e. The molecule has 3 heteroatoms. The van der Waals surface area contributed by atoms with Crippen molar-refractivity contribution in [3.63, 3.8) is 0 Å². The molecule has 0 spiro atoms. The third-order valence-corrected chi connectivity index (χ3v) is 5.32. The molecule has 0 fully saturated rings. The number of aliphatic imine (C=N–C) groups is 1. The van der Waals surface area contributed by atoms with Crippen LogP contribution < -0.4 is 5.32 Å². The molecular weight excluding hydrogens is 380 g/mol. The molecule has 0 bridgehead atoms. The van der Waals surface area contributed by atoms with Gasteiger partial charge in [-0.25, -0.2) is 0 Å². The molecule has 0 aliphatic rings. The van der Waals surface area contributed by atoms with E-state index in [1.807, 2.05) is 48.7 Å². The molecule has 5 rings (SSSR count). The van der Waals surface area contributed by atoms with Gasteiger partial charge in [0.2, 0.25) is 0 Å². The minimum Gasteiger partial charge on any atom is -0.322 e. The van der Waals surface area contributed by atoms with Gasteiger partial charge >= 0.3 is 0 Å². The number of nitrogens with zero attached hydrogens (tertiary/aromatic N) is 1. The summed E-state index contributed by atoms with van der Waals surface area (Å²) in [5, 5.41) is 7.66. The highest BCUT2D eigenvalue weighted by Gasteiger charge is 2.06. The number of carbonyl (C=O) groups is 1. The van der Waals surface area contributed by atoms with E-state index in [4.69, 9.17) is 4.99 Å². The van der Waals surface area contributed by atoms with E-state index in [2.05, 4.69) is 59.9 Å². The van der Waals surface area contributed by atoms with Gasteiger partial charge in [0.05, 0.1) is 5.69 Å². The van der Waals surface area contributed by atoms with Gasteiger partial charge in [-0.15, -0.1) is 0 Å². The van der Waals surface area contributed by atoms with Crippen molar-refractivity contribution in [1.29, 1.82) is 0 Å². The van der Waals surface area contributed by atoms with Crippen molar-refractivity contribution in [2.45, 2.75) is 0 Å². The topological polar surface area (TPSA) is 41.5 Å². The summed E-state index contributed by atoms with van der Waals surface area (Å²) in [6.45, 7) is 0. The van der Waals surface area contributed by atoms with Crippen LogP contribution in [0.15, 0.2) is 114 Å². The Morgan fingerprint density at radius 2 is 1.26 bits per heavy atom. The van der Waals surface area contributed by atoms with E-state index in [1.165, 1.54) is 21.5 Å². The van der Waals surface area contributed by atoms with E-state index in [0.29, 0.717) is 5.56 Å². The van der Waals surface area contributed by atoms with Crippen molar-refractivity contribution in [2.75, 3.05) is 5.32 Å². The summed E-state index contributed by atoms with van der Waals surface area (Å²) in [6, 6.07) is 35.7. The van der Waals surface area contributed by atoms with Crippen LogP contribution in [-0.4, -0.2) is 12.1 Å². The van der Waals surface area contributed by atoms with Crippen LogP contribution in [0, 0.1) is 0 Å². The fraction of sp³-hybridized carbons (Fsp3) is 0. The first kappa shape index (κ1) is 18.8. The molecule has 3 nitrogen and oxygen atoms in total. The zero-order chi connectivity index (χ0) is 21.0. The number of amides is 1. The van der Waals surface area contributed by atoms with Crippen molar-refractivity contribution < 1.29 is 4.79 Å². The lowest BCUT2D eigenvalue weighted by Crippen LogP contribution is -2.11. The van der Waals surface area contributed by atoms with Crippen LogP contribution in [0.4, 0.5) is 11.4 Å². The number of hydrogen-bond donors (Lipinski definition) is 1. The van der Waals surface area contributed by atoms with Crippen LogP contribution >= 0.6 is 0 Å². The molecule has 1 amide bonds. The maximum absolute atomic E-state index is 12.3. The van der Waals surface area contributed by atoms with E-state index in [0.717, 1.165) is 16.9 Å². The lowest BCUT2D eigenvalue weighted by Gasteiger charge is -2.08. The van der Waals surface area contributed by atoms with E-state index in [-0.39, 0.29) is 5.91 Å². The fourth-order valence-electron chi connectivity index (χ4n) is 3.75. The van der Waals surface area contributed by atoms with Crippen LogP contribution in [0.5, 0.6) is 0 Å². The number of hydrogen-bond acceptors (Lipinski definition) is 2. The van der Waals surface area contributed by atoms with Crippen molar-refractivity contribution in [1.82, 2.24) is 0 Å². The SMILES string of the molecule is O=C(Nc1ccc(N=Cc2c3ccccc3cc3ccccc23)cc1)c1ccccc1. The molecule has 0 atom stereocenters. The van der Waals surface area contributed by atoms with Crippen LogP contribution in [0.1, 0.15) is 15.9 Å². The van der Waals surface area contributed by atoms with E-state index in [1.54, 1.807) is 12.1 Å². The largest absolute Gasteiger partial charge is 0.322 e. The Morgan fingerprint density at radius 3 is 1.90 bits per heavy atom. The normalized spacial score (nSPS) is 11.2. The number of nitrogens with one attached hydrogen (secondary N) is 1. The minimum atomic E-state index is -0.126. The van der Waals surface area contributed by atoms with Crippen molar-refractivity contribution in [3.8, 4) is 0 Å². The van der Waals surface area contributed by atoms with Crippen molar-refractivity contribution in [3.05, 3.63) is 120 Å². The molecule has 0 aromatic heterocycles. The Morgan fingerprint density at radius 1 is 0.677 bits per heavy atom. The van der Waals surface area contributed by atoms with Crippen LogP contribution in [0.25, 0.3) is 21.5 Å². The molecular formula is C28H20N2O. The molecule has 0 saturated carbocycles. The minimum absolute atomic E-state index is 0.126. The summed E-state index contributed by atoms with van der Waals surface area (Å²) in [4.78, 5) is 17.0. The number of carbonyl (C=O) groups excluding carboxylic acids is 1. The highest BCUT2D eigenvalue weighted by molar-refractivity contribution is 6.13. The third-order valence-electron chi connectivity index (χ3n) is 5.32. The summed E-state index contributed by atoms with van der Waals surface area (Å²) in [7, 11) is 0. The van der Waals surface area contributed by atoms with E-state index < -0.39 is 0 Å². The summed E-state index contributed by atoms with van der Waals surface area (Å²) < 4.78 is 0. The van der Waals surface area contributed by atoms with Gasteiger partial charge < -0.3 is 5.32 Å². The van der Waals surface area contributed by atoms with Gasteiger partial charge in [-0.3, -0.25) is 9.79 Å². The molecule has 0 aliphatic heterocycles. The Hall–Kier alpha value is -4.24. The summed E-state index contributed by atoms with van der Waals surface area (Å²) in [5.74, 6) is -0.126. The molecule has 31 heavy (non-hydrogen) atoms. The molecule has 0 saturated heterocycles. The Bertz CT molecular complexity index is 1350. The second kappa shape index (κ2) is 8.25. The van der Waals surface area contributed by atoms with Crippen LogP contribution in [-0.2, 0) is 0 Å². The number of fused-ring (bicyclic) bond motifs is 2. The summed E-state index contributed by atoms with van der Waals surface area (Å²) >= 11 is 0. The summed E-state index contributed by atoms with van der Waals surface area (Å²) in [5.41, 5.74) is 3.31. The first-order chi connectivity index (χ1) is 15.3. The first-order valence-corrected chi connectivity index (χ1v) is 10.2. The van der Waals surface area contributed by atoms with E-state index in [9.17, 15) is 4.79 Å². The van der Waals surface area contributed by atoms with Gasteiger partial charge in [-0.05, 0) is 64.0 Å². The van der Waals surface area contributed by atoms with Gasteiger partial charge in [-0.1, -0.05) is 66.7 Å². The van der Waals surface area contributed by atoms with Gasteiger partial charge in [0.1, 0.15) is 0 Å². The number of anilines is 1. The van der Waals surface area contributed by atoms with Gasteiger partial charge in [-0.2, -0.15) is 0 Å². The van der Waals surface area contributed by atoms with Crippen molar-refractivity contribution in [2.24, 2.45) is 4.99 Å². The Labute approximate surface area is 180 Å². The third kappa shape index (κ3) is 3.94. The van der Waals surface area contributed by atoms with Gasteiger partial charge in [0.25, 0.3) is 5.91 Å². The number of benzene rings is 5. The zero-order valence-electron chi connectivity index (χ0n) is 16.8. The highest BCUT2D eigenvalue weighted by atomic mass is 16.1. The summed E-state index contributed by atoms with van der Waals surface area (Å²) in [6.07, 6.45) is 1.93. The fourth-order valence-corrected chi connectivity index (χ4v) is 3.75. The second-order valence-electron chi connectivity index (χ2n) is 7.36. The molecule has 0 unspecified atom stereocenters. The van der Waals surface area contributed by atoms with Crippen LogP contribution in [0.2, 0.25) is 0 Å². The lowest BCUT2D eigenvalue weighted by atomic mass is 9.97. The standard InChI is InChI=1S/C28H20N2O/c31-28(20-8-2-1-3-9-20)30-24-16-14-23(15-17-24)29-19-27-25-12-6-4-10-21(25)18-22-11-5-7-13-26(22)27/h1-19H,(H,30,31). The average Bonchev–Trinajstić information content (AvgIpc) is 2.83. The lowest BCUT2D eigenvalue weighted by molar-refractivity contribution is 0.102. The predicted molar refractivity (Wildman–Crippen MR) is 130 cm³/mol. The Kier molecular flexibility index (Phi) is 4.99. The molecule has 0 aliphatic carbocycles. The highest BCUT2D eigenvalue weighted by Crippen LogP contribution is 2.28. The monoisotopic (exact) mass is 400 g/mol. The molecule has 5 aromatic carbocycles. The van der Waals surface area contributed by atoms with Gasteiger partial charge in [0, 0.05) is 23.0 Å². The molecule has 0 radical (unpaired) electrons. The first-order valence-electron chi connectivity index (χ1n) is 10.2. The smallest absolute Gasteiger partial charge is 0.255 e. The zero-order valence-corrected chi connectivity index (χ0v) is 16.8. The van der Waals surface area contributed by atoms with Gasteiger partial charge in [0.15, 0.2) is 0 Å². The predicted octanol–water partition coefficient (Wildman–Crippen LogP) is 7.00. The second-order valence-corrected chi connectivity index (χ2v) is 7.36. The average molecular weight is 400 g/mol. The molecule has 148 valence electrons. The molecule has 0 heterocycles. The van der Waals surface area contributed by atoms with E-state index >= 15 is 0 Å².